The zero-order chi connectivity index (χ0) is 36.4. The smallest absolute Gasteiger partial charge is 0.420 e. The number of aromatic nitrogens is 2. The first-order chi connectivity index (χ1) is 23.5. The first-order valence-corrected chi connectivity index (χ1v) is 17.8. The van der Waals surface area contributed by atoms with Crippen LogP contribution >= 0.6 is 0 Å². The maximum absolute atomic E-state index is 14.3. The topological polar surface area (TPSA) is 139 Å². The molecule has 0 spiro atoms. The van der Waals surface area contributed by atoms with Gasteiger partial charge in [0.05, 0.1) is 24.5 Å². The standard InChI is InChI=1S/C33H41F3N6O7S/c1-22(2)20-50(45,46)27-9-7-6-8-26(27)48-25-11-10-23(18-24(25)33(34,35)36)29-37-28(49-38-29)19-41-30(43)32(3,21-39(4)5)42(31(41)44)13-12-40-14-16-47-17-15-40/h6-11,18,22H,12-17,19-21H2,1-5H3. The molecule has 2 saturated heterocycles. The highest BCUT2D eigenvalue weighted by Gasteiger charge is 2.54. The Balaban J connectivity index is 1.38. The predicted octanol–water partition coefficient (Wildman–Crippen LogP) is 4.39. The van der Waals surface area contributed by atoms with Gasteiger partial charge < -0.3 is 23.8 Å². The van der Waals surface area contributed by atoms with Crippen LogP contribution in [0, 0.1) is 5.92 Å². The second-order valence-corrected chi connectivity index (χ2v) is 15.2. The van der Waals surface area contributed by atoms with E-state index >= 15 is 0 Å². The summed E-state index contributed by atoms with van der Waals surface area (Å²) in [5, 5.41) is 3.83. The fourth-order valence-corrected chi connectivity index (χ4v) is 7.92. The maximum atomic E-state index is 14.3. The lowest BCUT2D eigenvalue weighted by Crippen LogP contribution is -2.55. The number of hydrogen-bond acceptors (Lipinski definition) is 11. The van der Waals surface area contributed by atoms with Gasteiger partial charge in [-0.3, -0.25) is 14.6 Å². The fraction of sp³-hybridized carbons (Fsp3) is 0.515. The molecule has 1 aromatic heterocycles. The highest BCUT2D eigenvalue weighted by atomic mass is 32.2. The summed E-state index contributed by atoms with van der Waals surface area (Å²) in [5.41, 5.74) is -2.46. The number of imide groups is 1. The SMILES string of the molecule is CC(C)CS(=O)(=O)c1ccccc1Oc1ccc(-c2noc(CN3C(=O)N(CCN4CCOCC4)C(C)(CN(C)C)C3=O)n2)cc1C(F)(F)F. The van der Waals surface area contributed by atoms with Crippen molar-refractivity contribution in [3.05, 3.63) is 53.9 Å². The third-order valence-electron chi connectivity index (χ3n) is 8.39. The van der Waals surface area contributed by atoms with Gasteiger partial charge in [0, 0.05) is 38.3 Å². The number of rotatable bonds is 13. The number of halogens is 3. The quantitative estimate of drug-likeness (QED) is 0.232. The van der Waals surface area contributed by atoms with E-state index in [4.69, 9.17) is 14.0 Å². The summed E-state index contributed by atoms with van der Waals surface area (Å²) < 4.78 is 85.2. The zero-order valence-electron chi connectivity index (χ0n) is 28.6. The maximum Gasteiger partial charge on any atom is 0.420 e. The van der Waals surface area contributed by atoms with Gasteiger partial charge in [0.1, 0.15) is 28.5 Å². The molecule has 0 bridgehead atoms. The molecule has 17 heteroatoms. The minimum Gasteiger partial charge on any atom is -0.455 e. The molecule has 2 aliphatic rings. The first kappa shape index (κ1) is 37.2. The minimum absolute atomic E-state index is 0.0796. The van der Waals surface area contributed by atoms with Gasteiger partial charge in [-0.25, -0.2) is 13.2 Å². The van der Waals surface area contributed by atoms with Gasteiger partial charge in [-0.1, -0.05) is 31.1 Å². The Morgan fingerprint density at radius 2 is 1.74 bits per heavy atom. The molecule has 0 N–H and O–H groups in total. The van der Waals surface area contributed by atoms with Gasteiger partial charge in [0.2, 0.25) is 11.7 Å². The van der Waals surface area contributed by atoms with Crippen LogP contribution in [0.3, 0.4) is 0 Å². The Morgan fingerprint density at radius 1 is 1.04 bits per heavy atom. The number of benzene rings is 2. The Labute approximate surface area is 288 Å². The third kappa shape index (κ3) is 8.11. The third-order valence-corrected chi connectivity index (χ3v) is 10.5. The van der Waals surface area contributed by atoms with Gasteiger partial charge >= 0.3 is 12.2 Å². The van der Waals surface area contributed by atoms with Crippen LogP contribution in [-0.4, -0.2) is 121 Å². The van der Waals surface area contributed by atoms with E-state index in [0.29, 0.717) is 39.4 Å². The van der Waals surface area contributed by atoms with E-state index < -0.39 is 44.8 Å². The largest absolute Gasteiger partial charge is 0.455 e. The lowest BCUT2D eigenvalue weighted by Gasteiger charge is -2.36. The van der Waals surface area contributed by atoms with E-state index in [1.54, 1.807) is 34.9 Å². The molecular weight excluding hydrogens is 681 g/mol. The van der Waals surface area contributed by atoms with Crippen molar-refractivity contribution in [1.29, 1.82) is 0 Å². The van der Waals surface area contributed by atoms with Crippen LogP contribution in [-0.2, 0) is 32.1 Å². The summed E-state index contributed by atoms with van der Waals surface area (Å²) in [7, 11) is -0.252. The Hall–Kier alpha value is -4.06. The van der Waals surface area contributed by atoms with E-state index in [9.17, 15) is 31.2 Å². The van der Waals surface area contributed by atoms with Crippen LogP contribution in [0.5, 0.6) is 11.5 Å². The molecule has 1 unspecified atom stereocenters. The number of amides is 3. The van der Waals surface area contributed by atoms with Crippen LogP contribution in [0.1, 0.15) is 32.2 Å². The zero-order valence-corrected chi connectivity index (χ0v) is 29.4. The average Bonchev–Trinajstić information content (AvgIpc) is 3.57. The van der Waals surface area contributed by atoms with Crippen molar-refractivity contribution in [2.75, 3.05) is 65.8 Å². The monoisotopic (exact) mass is 722 g/mol. The number of para-hydroxylation sites is 1. The molecule has 50 heavy (non-hydrogen) atoms. The first-order valence-electron chi connectivity index (χ1n) is 16.1. The summed E-state index contributed by atoms with van der Waals surface area (Å²) in [6.45, 7) is 8.46. The molecule has 272 valence electrons. The van der Waals surface area contributed by atoms with E-state index in [-0.39, 0.29) is 52.7 Å². The molecule has 0 saturated carbocycles. The van der Waals surface area contributed by atoms with Crippen LogP contribution < -0.4 is 4.74 Å². The van der Waals surface area contributed by atoms with Crippen molar-refractivity contribution in [3.63, 3.8) is 0 Å². The summed E-state index contributed by atoms with van der Waals surface area (Å²) >= 11 is 0. The van der Waals surface area contributed by atoms with Gasteiger partial charge in [-0.15, -0.1) is 0 Å². The number of carbonyl (C=O) groups excluding carboxylic acids is 2. The minimum atomic E-state index is -4.90. The number of nitrogens with zero attached hydrogens (tertiary/aromatic N) is 6. The van der Waals surface area contributed by atoms with E-state index in [0.717, 1.165) is 17.0 Å². The highest BCUT2D eigenvalue weighted by Crippen LogP contribution is 2.41. The van der Waals surface area contributed by atoms with Crippen molar-refractivity contribution >= 4 is 21.8 Å². The van der Waals surface area contributed by atoms with Gasteiger partial charge in [-0.05, 0) is 57.3 Å². The van der Waals surface area contributed by atoms with Crippen LogP contribution in [0.4, 0.5) is 18.0 Å². The molecule has 3 amide bonds. The summed E-state index contributed by atoms with van der Waals surface area (Å²) in [6, 6.07) is 8.07. The van der Waals surface area contributed by atoms with Gasteiger partial charge in [-0.2, -0.15) is 18.2 Å². The summed E-state index contributed by atoms with van der Waals surface area (Å²) in [6.07, 6.45) is -4.90. The summed E-state index contributed by atoms with van der Waals surface area (Å²) in [5.74, 6) is -2.13. The van der Waals surface area contributed by atoms with Crippen molar-refractivity contribution in [2.24, 2.45) is 5.92 Å². The fourth-order valence-electron chi connectivity index (χ4n) is 6.16. The Kier molecular flexibility index (Phi) is 10.9. The lowest BCUT2D eigenvalue weighted by atomic mass is 10.00. The molecule has 3 heterocycles. The number of urea groups is 1. The van der Waals surface area contributed by atoms with Gasteiger partial charge in [0.15, 0.2) is 9.84 Å². The van der Waals surface area contributed by atoms with Crippen molar-refractivity contribution < 1.29 is 45.2 Å². The molecule has 5 rings (SSSR count). The molecule has 0 radical (unpaired) electrons. The Morgan fingerprint density at radius 3 is 2.40 bits per heavy atom. The van der Waals surface area contributed by atoms with Crippen LogP contribution in [0.15, 0.2) is 51.9 Å². The number of morpholine rings is 1. The van der Waals surface area contributed by atoms with Crippen molar-refractivity contribution in [1.82, 2.24) is 29.7 Å². The molecule has 2 aromatic carbocycles. The molecular formula is C33H41F3N6O7S. The Bertz CT molecular complexity index is 1810. The van der Waals surface area contributed by atoms with Gasteiger partial charge in [0.25, 0.3) is 5.91 Å². The van der Waals surface area contributed by atoms with Crippen LogP contribution in [0.25, 0.3) is 11.4 Å². The molecule has 2 fully saturated rings. The number of likely N-dealkylation sites (N-methyl/N-ethyl adjacent to an activating group) is 1. The lowest BCUT2D eigenvalue weighted by molar-refractivity contribution is -0.138. The normalized spacial score (nSPS) is 19.3. The molecule has 13 nitrogen and oxygen atoms in total. The number of carbonyl (C=O) groups is 2. The second-order valence-electron chi connectivity index (χ2n) is 13.2. The molecule has 0 aliphatic carbocycles. The molecule has 1 atom stereocenters. The molecule has 3 aromatic rings. The summed E-state index contributed by atoms with van der Waals surface area (Å²) in [4.78, 5) is 37.9. The van der Waals surface area contributed by atoms with E-state index in [2.05, 4.69) is 15.0 Å². The van der Waals surface area contributed by atoms with Crippen molar-refractivity contribution in [2.45, 2.75) is 43.9 Å². The van der Waals surface area contributed by atoms with Crippen molar-refractivity contribution in [3.8, 4) is 22.9 Å². The van der Waals surface area contributed by atoms with Crippen LogP contribution in [0.2, 0.25) is 0 Å². The second kappa shape index (κ2) is 14.7. The van der Waals surface area contributed by atoms with E-state index in [1.165, 1.54) is 35.2 Å². The number of alkyl halides is 3. The predicted molar refractivity (Wildman–Crippen MR) is 175 cm³/mol. The highest BCUT2D eigenvalue weighted by molar-refractivity contribution is 7.91. The number of hydrogen-bond donors (Lipinski definition) is 0. The average molecular weight is 723 g/mol. The number of sulfone groups is 1. The molecule has 2 aliphatic heterocycles. The number of ether oxygens (including phenoxy) is 2. The van der Waals surface area contributed by atoms with E-state index in [1.807, 2.05) is 4.90 Å².